The van der Waals surface area contributed by atoms with E-state index in [2.05, 4.69) is 10.3 Å². The molecule has 0 bridgehead atoms. The fourth-order valence-electron chi connectivity index (χ4n) is 1.30. The number of amides is 1. The van der Waals surface area contributed by atoms with Gasteiger partial charge in [0.1, 0.15) is 6.10 Å². The summed E-state index contributed by atoms with van der Waals surface area (Å²) in [4.78, 5) is 15.7. The lowest BCUT2D eigenvalue weighted by atomic mass is 10.3. The maximum atomic E-state index is 11.4. The molecule has 1 aromatic carbocycles. The van der Waals surface area contributed by atoms with Crippen LogP contribution in [0.3, 0.4) is 0 Å². The Morgan fingerprint density at radius 2 is 2.31 bits per heavy atom. The van der Waals surface area contributed by atoms with Crippen LogP contribution in [0.25, 0.3) is 10.2 Å². The summed E-state index contributed by atoms with van der Waals surface area (Å²) in [6, 6.07) is 7.65. The minimum atomic E-state index is -0.966. The molecule has 1 amide bonds. The maximum absolute atomic E-state index is 11.4. The van der Waals surface area contributed by atoms with Gasteiger partial charge in [-0.3, -0.25) is 10.1 Å². The number of hydrogen-bond acceptors (Lipinski definition) is 4. The predicted octanol–water partition coefficient (Wildman–Crippen LogP) is 2.01. The van der Waals surface area contributed by atoms with E-state index < -0.39 is 12.0 Å². The summed E-state index contributed by atoms with van der Waals surface area (Å²) in [5.74, 6) is -0.401. The summed E-state index contributed by atoms with van der Waals surface area (Å²) < 4.78 is 1.02. The van der Waals surface area contributed by atoms with Gasteiger partial charge >= 0.3 is 0 Å². The molecule has 4 nitrogen and oxygen atoms in total. The number of aromatic nitrogens is 1. The molecule has 0 aliphatic rings. The van der Waals surface area contributed by atoms with Gasteiger partial charge in [0.15, 0.2) is 5.13 Å². The molecule has 1 aromatic heterocycles. The Labute approximate surface area is 96.9 Å². The largest absolute Gasteiger partial charge is 0.383 e. The van der Waals surface area contributed by atoms with Gasteiger partial charge in [0.05, 0.1) is 10.2 Å². The van der Waals surface area contributed by atoms with Gasteiger partial charge in [-0.25, -0.2) is 4.98 Å². The van der Waals surface area contributed by atoms with Crippen LogP contribution < -0.4 is 5.32 Å². The fraction of sp³-hybridized carbons (Fsp3) is 0.273. The van der Waals surface area contributed by atoms with Crippen molar-refractivity contribution in [1.29, 1.82) is 0 Å². The van der Waals surface area contributed by atoms with Crippen LogP contribution in [0, 0.1) is 0 Å². The number of carbonyl (C=O) groups is 1. The second-order valence-electron chi connectivity index (χ2n) is 3.40. The van der Waals surface area contributed by atoms with Gasteiger partial charge in [0.2, 0.25) is 0 Å². The van der Waals surface area contributed by atoms with Crippen molar-refractivity contribution in [3.63, 3.8) is 0 Å². The van der Waals surface area contributed by atoms with E-state index in [9.17, 15) is 9.90 Å². The summed E-state index contributed by atoms with van der Waals surface area (Å²) in [6.45, 7) is 1.75. The van der Waals surface area contributed by atoms with Crippen molar-refractivity contribution < 1.29 is 9.90 Å². The highest BCUT2D eigenvalue weighted by Gasteiger charge is 2.14. The number of anilines is 1. The van der Waals surface area contributed by atoms with Gasteiger partial charge in [0, 0.05) is 0 Å². The Hall–Kier alpha value is -1.46. The topological polar surface area (TPSA) is 62.2 Å². The first kappa shape index (κ1) is 11.0. The first-order valence-corrected chi connectivity index (χ1v) is 5.87. The van der Waals surface area contributed by atoms with Gasteiger partial charge in [-0.1, -0.05) is 30.4 Å². The number of carbonyl (C=O) groups excluding carboxylic acids is 1. The molecule has 0 spiro atoms. The third kappa shape index (κ3) is 2.20. The quantitative estimate of drug-likeness (QED) is 0.856. The molecule has 0 unspecified atom stereocenters. The Bertz CT molecular complexity index is 476. The van der Waals surface area contributed by atoms with E-state index in [0.717, 1.165) is 10.2 Å². The molecule has 0 aliphatic carbocycles. The highest BCUT2D eigenvalue weighted by atomic mass is 32.1. The molecule has 5 heteroatoms. The van der Waals surface area contributed by atoms with Crippen LogP contribution in [0.2, 0.25) is 0 Å². The molecule has 0 fully saturated rings. The fourth-order valence-corrected chi connectivity index (χ4v) is 2.17. The first-order valence-electron chi connectivity index (χ1n) is 5.05. The zero-order chi connectivity index (χ0) is 11.5. The number of aliphatic hydroxyl groups is 1. The molecule has 2 aromatic rings. The Morgan fingerprint density at radius 3 is 3.00 bits per heavy atom. The average Bonchev–Trinajstić information content (AvgIpc) is 2.69. The number of benzene rings is 1. The number of para-hydroxylation sites is 1. The van der Waals surface area contributed by atoms with E-state index in [0.29, 0.717) is 11.6 Å². The van der Waals surface area contributed by atoms with E-state index >= 15 is 0 Å². The number of nitrogens with one attached hydrogen (secondary N) is 1. The lowest BCUT2D eigenvalue weighted by Crippen LogP contribution is -2.26. The van der Waals surface area contributed by atoms with Gasteiger partial charge in [-0.15, -0.1) is 0 Å². The summed E-state index contributed by atoms with van der Waals surface area (Å²) >= 11 is 1.40. The van der Waals surface area contributed by atoms with E-state index in [4.69, 9.17) is 0 Å². The third-order valence-electron chi connectivity index (χ3n) is 2.21. The molecule has 0 aliphatic heterocycles. The van der Waals surface area contributed by atoms with Gasteiger partial charge in [-0.05, 0) is 18.6 Å². The molecule has 2 rings (SSSR count). The highest BCUT2D eigenvalue weighted by molar-refractivity contribution is 7.22. The molecule has 1 heterocycles. The zero-order valence-corrected chi connectivity index (χ0v) is 9.62. The van der Waals surface area contributed by atoms with Crippen LogP contribution >= 0.6 is 11.3 Å². The van der Waals surface area contributed by atoms with Crippen LogP contribution in [-0.4, -0.2) is 22.1 Å². The maximum Gasteiger partial charge on any atom is 0.254 e. The number of rotatable bonds is 3. The summed E-state index contributed by atoms with van der Waals surface area (Å²) in [5, 5.41) is 12.5. The molecule has 2 N–H and O–H groups in total. The number of hydrogen-bond donors (Lipinski definition) is 2. The first-order chi connectivity index (χ1) is 7.70. The predicted molar refractivity (Wildman–Crippen MR) is 64.5 cm³/mol. The number of thiazole rings is 1. The SMILES string of the molecule is CC[C@H](O)C(=O)Nc1nc2ccccc2s1. The van der Waals surface area contributed by atoms with E-state index in [1.165, 1.54) is 11.3 Å². The molecule has 1 atom stereocenters. The number of aliphatic hydroxyl groups excluding tert-OH is 1. The zero-order valence-electron chi connectivity index (χ0n) is 8.80. The molecular weight excluding hydrogens is 224 g/mol. The lowest BCUT2D eigenvalue weighted by Gasteiger charge is -2.05. The second-order valence-corrected chi connectivity index (χ2v) is 4.43. The second kappa shape index (κ2) is 4.59. The van der Waals surface area contributed by atoms with Crippen LogP contribution in [0.4, 0.5) is 5.13 Å². The van der Waals surface area contributed by atoms with Gasteiger partial charge in [0.25, 0.3) is 5.91 Å². The Balaban J connectivity index is 2.18. The average molecular weight is 236 g/mol. The summed E-state index contributed by atoms with van der Waals surface area (Å²) in [5.41, 5.74) is 0.855. The Morgan fingerprint density at radius 1 is 1.56 bits per heavy atom. The molecule has 84 valence electrons. The van der Waals surface area contributed by atoms with E-state index in [1.54, 1.807) is 6.92 Å². The third-order valence-corrected chi connectivity index (χ3v) is 3.17. The van der Waals surface area contributed by atoms with Crippen molar-refractivity contribution in [2.45, 2.75) is 19.4 Å². The van der Waals surface area contributed by atoms with Crippen LogP contribution in [0.5, 0.6) is 0 Å². The molecule has 16 heavy (non-hydrogen) atoms. The number of fused-ring (bicyclic) bond motifs is 1. The van der Waals surface area contributed by atoms with E-state index in [-0.39, 0.29) is 0 Å². The van der Waals surface area contributed by atoms with Crippen molar-refractivity contribution in [3.05, 3.63) is 24.3 Å². The lowest BCUT2D eigenvalue weighted by molar-refractivity contribution is -0.124. The van der Waals surface area contributed by atoms with Crippen LogP contribution in [0.15, 0.2) is 24.3 Å². The van der Waals surface area contributed by atoms with Crippen molar-refractivity contribution in [3.8, 4) is 0 Å². The van der Waals surface area contributed by atoms with Crippen molar-refractivity contribution in [2.75, 3.05) is 5.32 Å². The molecule has 0 saturated carbocycles. The molecular formula is C11H12N2O2S. The van der Waals surface area contributed by atoms with Crippen molar-refractivity contribution in [1.82, 2.24) is 4.98 Å². The van der Waals surface area contributed by atoms with E-state index in [1.807, 2.05) is 24.3 Å². The smallest absolute Gasteiger partial charge is 0.254 e. The van der Waals surface area contributed by atoms with Crippen molar-refractivity contribution in [2.24, 2.45) is 0 Å². The van der Waals surface area contributed by atoms with Gasteiger partial charge in [-0.2, -0.15) is 0 Å². The summed E-state index contributed by atoms with van der Waals surface area (Å²) in [7, 11) is 0. The number of nitrogens with zero attached hydrogens (tertiary/aromatic N) is 1. The highest BCUT2D eigenvalue weighted by Crippen LogP contribution is 2.25. The minimum Gasteiger partial charge on any atom is -0.383 e. The Kier molecular flexibility index (Phi) is 3.17. The standard InChI is InChI=1S/C11H12N2O2S/c1-2-8(14)10(15)13-11-12-7-5-3-4-6-9(7)16-11/h3-6,8,14H,2H2,1H3,(H,12,13,15)/t8-/m0/s1. The monoisotopic (exact) mass is 236 g/mol. The van der Waals surface area contributed by atoms with Crippen LogP contribution in [-0.2, 0) is 4.79 Å². The molecule has 0 saturated heterocycles. The van der Waals surface area contributed by atoms with Crippen molar-refractivity contribution >= 4 is 32.6 Å². The summed E-state index contributed by atoms with van der Waals surface area (Å²) in [6.07, 6.45) is -0.566. The minimum absolute atomic E-state index is 0.400. The normalized spacial score (nSPS) is 12.6. The van der Waals surface area contributed by atoms with Gasteiger partial charge < -0.3 is 5.11 Å². The molecule has 0 radical (unpaired) electrons. The van der Waals surface area contributed by atoms with Crippen LogP contribution in [0.1, 0.15) is 13.3 Å².